The number of aromatic nitrogens is 6. The van der Waals surface area contributed by atoms with E-state index in [1.54, 1.807) is 12.1 Å². The fourth-order valence-corrected chi connectivity index (χ4v) is 4.62. The molecular weight excluding hydrogens is 563 g/mol. The largest absolute Gasteiger partial charge is 0.382 e. The van der Waals surface area contributed by atoms with Crippen molar-refractivity contribution in [2.24, 2.45) is 0 Å². The molecule has 30 heavy (non-hydrogen) atoms. The molecule has 4 heterocycles. The van der Waals surface area contributed by atoms with Crippen molar-refractivity contribution in [2.75, 3.05) is 11.5 Å². The Balaban J connectivity index is 1.88. The summed E-state index contributed by atoms with van der Waals surface area (Å²) in [7, 11) is 0. The number of carbonyl (C=O) groups is 1. The zero-order valence-electron chi connectivity index (χ0n) is 14.7. The van der Waals surface area contributed by atoms with E-state index >= 15 is 0 Å². The SMILES string of the molecule is Nc1ncnn2c(C(=CCl)C(=O)C(=CCl)c3cc(Br)c4c(N)ncnn34)cc(Br)c12. The highest BCUT2D eigenvalue weighted by atomic mass is 79.9. The van der Waals surface area contributed by atoms with Crippen LogP contribution in [0.1, 0.15) is 11.4 Å². The molecule has 4 aromatic rings. The van der Waals surface area contributed by atoms with E-state index in [0.717, 1.165) is 11.1 Å². The summed E-state index contributed by atoms with van der Waals surface area (Å²) in [6.07, 6.45) is 2.56. The van der Waals surface area contributed by atoms with Gasteiger partial charge in [0.05, 0.1) is 22.5 Å². The molecule has 0 amide bonds. The Kier molecular flexibility index (Phi) is 5.53. The molecule has 4 rings (SSSR count). The molecule has 0 aliphatic rings. The van der Waals surface area contributed by atoms with Crippen LogP contribution >= 0.6 is 55.1 Å². The average molecular weight is 573 g/mol. The zero-order chi connectivity index (χ0) is 21.6. The molecule has 4 N–H and O–H groups in total. The predicted octanol–water partition coefficient (Wildman–Crippen LogP) is 3.89. The van der Waals surface area contributed by atoms with E-state index in [0.29, 0.717) is 31.4 Å². The predicted molar refractivity (Wildman–Crippen MR) is 123 cm³/mol. The van der Waals surface area contributed by atoms with E-state index in [-0.39, 0.29) is 22.8 Å². The third-order valence-corrected chi connectivity index (χ3v) is 5.98. The van der Waals surface area contributed by atoms with Crippen molar-refractivity contribution in [1.82, 2.24) is 29.2 Å². The van der Waals surface area contributed by atoms with Crippen LogP contribution in [0.3, 0.4) is 0 Å². The van der Waals surface area contributed by atoms with Gasteiger partial charge in [0.1, 0.15) is 23.7 Å². The lowest BCUT2D eigenvalue weighted by molar-refractivity contribution is -0.108. The summed E-state index contributed by atoms with van der Waals surface area (Å²) < 4.78 is 4.15. The van der Waals surface area contributed by atoms with Gasteiger partial charge >= 0.3 is 0 Å². The van der Waals surface area contributed by atoms with Gasteiger partial charge in [-0.25, -0.2) is 19.0 Å². The molecular formula is C17H10Br2Cl2N8O. The quantitative estimate of drug-likeness (QED) is 0.355. The molecule has 152 valence electrons. The smallest absolute Gasteiger partial charge is 0.199 e. The first-order valence-electron chi connectivity index (χ1n) is 8.10. The number of halogens is 4. The molecule has 0 saturated carbocycles. The summed E-state index contributed by atoms with van der Waals surface area (Å²) in [4.78, 5) is 21.4. The third kappa shape index (κ3) is 3.18. The number of hydrogen-bond acceptors (Lipinski definition) is 7. The lowest BCUT2D eigenvalue weighted by atomic mass is 10.0. The number of Topliss-reactive ketones (excluding diaryl/α,β-unsaturated/α-hetero) is 1. The normalized spacial score (nSPS) is 12.8. The van der Waals surface area contributed by atoms with Gasteiger partial charge < -0.3 is 11.5 Å². The minimum Gasteiger partial charge on any atom is -0.382 e. The van der Waals surface area contributed by atoms with E-state index in [2.05, 4.69) is 52.0 Å². The first kappa shape index (κ1) is 20.8. The van der Waals surface area contributed by atoms with Crippen LogP contribution in [0.5, 0.6) is 0 Å². The van der Waals surface area contributed by atoms with E-state index in [1.807, 2.05) is 0 Å². The van der Waals surface area contributed by atoms with Gasteiger partial charge in [-0.1, -0.05) is 23.2 Å². The van der Waals surface area contributed by atoms with Gasteiger partial charge in [-0.15, -0.1) is 0 Å². The molecule has 0 aliphatic heterocycles. The minimum atomic E-state index is -0.465. The van der Waals surface area contributed by atoms with E-state index < -0.39 is 5.78 Å². The fraction of sp³-hybridized carbons (Fsp3) is 0. The molecule has 4 aromatic heterocycles. The standard InChI is InChI=1S/C17H10Br2Cl2N8O/c18-9-1-11(28-13(9)16(22)24-5-26-28)7(3-20)15(30)8(4-21)12-2-10(19)14-17(23)25-6-27-29(12)14/h1-6H,(H2,22,24,26)(H2,23,25,27). The molecule has 0 spiro atoms. The maximum absolute atomic E-state index is 13.5. The summed E-state index contributed by atoms with van der Waals surface area (Å²) in [5.41, 5.74) is 16.3. The number of fused-ring (bicyclic) bond motifs is 2. The van der Waals surface area contributed by atoms with E-state index in [9.17, 15) is 4.79 Å². The second kappa shape index (κ2) is 7.99. The summed E-state index contributed by atoms with van der Waals surface area (Å²) >= 11 is 19.0. The fourth-order valence-electron chi connectivity index (χ4n) is 3.02. The number of nitrogens with zero attached hydrogens (tertiary/aromatic N) is 6. The first-order chi connectivity index (χ1) is 14.4. The van der Waals surface area contributed by atoms with Crippen molar-refractivity contribution in [3.63, 3.8) is 0 Å². The van der Waals surface area contributed by atoms with Crippen LogP contribution in [0, 0.1) is 0 Å². The molecule has 0 fully saturated rings. The molecule has 0 bridgehead atoms. The van der Waals surface area contributed by atoms with Crippen molar-refractivity contribution < 1.29 is 4.79 Å². The monoisotopic (exact) mass is 570 g/mol. The van der Waals surface area contributed by atoms with Crippen molar-refractivity contribution in [1.29, 1.82) is 0 Å². The lowest BCUT2D eigenvalue weighted by Crippen LogP contribution is -2.11. The third-order valence-electron chi connectivity index (χ3n) is 4.33. The van der Waals surface area contributed by atoms with Gasteiger partial charge in [0.15, 0.2) is 17.4 Å². The van der Waals surface area contributed by atoms with Crippen LogP contribution in [-0.2, 0) is 4.79 Å². The number of ketones is 1. The average Bonchev–Trinajstić information content (AvgIpc) is 3.23. The van der Waals surface area contributed by atoms with E-state index in [1.165, 1.54) is 21.7 Å². The van der Waals surface area contributed by atoms with Gasteiger partial charge in [0, 0.05) is 20.0 Å². The second-order valence-corrected chi connectivity index (χ2v) is 8.09. The van der Waals surface area contributed by atoms with Crippen molar-refractivity contribution in [3.05, 3.63) is 56.2 Å². The first-order valence-corrected chi connectivity index (χ1v) is 10.6. The molecule has 0 radical (unpaired) electrons. The van der Waals surface area contributed by atoms with Crippen LogP contribution in [0.2, 0.25) is 0 Å². The van der Waals surface area contributed by atoms with Gasteiger partial charge in [-0.3, -0.25) is 4.79 Å². The molecule has 0 atom stereocenters. The van der Waals surface area contributed by atoms with Gasteiger partial charge in [-0.05, 0) is 44.0 Å². The van der Waals surface area contributed by atoms with Gasteiger partial charge in [0.25, 0.3) is 0 Å². The van der Waals surface area contributed by atoms with Gasteiger partial charge in [0.2, 0.25) is 0 Å². The van der Waals surface area contributed by atoms with Crippen LogP contribution in [-0.4, -0.2) is 35.0 Å². The molecule has 9 nitrogen and oxygen atoms in total. The Morgan fingerprint density at radius 1 is 0.867 bits per heavy atom. The highest BCUT2D eigenvalue weighted by Crippen LogP contribution is 2.35. The topological polar surface area (TPSA) is 129 Å². The lowest BCUT2D eigenvalue weighted by Gasteiger charge is -2.09. The Labute approximate surface area is 195 Å². The maximum atomic E-state index is 13.5. The Morgan fingerprint density at radius 2 is 1.27 bits per heavy atom. The van der Waals surface area contributed by atoms with E-state index in [4.69, 9.17) is 34.7 Å². The second-order valence-electron chi connectivity index (χ2n) is 5.94. The Morgan fingerprint density at radius 3 is 1.63 bits per heavy atom. The van der Waals surface area contributed by atoms with Gasteiger partial charge in [-0.2, -0.15) is 10.2 Å². The number of anilines is 2. The van der Waals surface area contributed by atoms with Crippen LogP contribution in [0.25, 0.3) is 22.2 Å². The number of nitrogen functional groups attached to an aromatic ring is 2. The number of carbonyl (C=O) groups excluding carboxylic acids is 1. The molecule has 0 aromatic carbocycles. The highest BCUT2D eigenvalue weighted by molar-refractivity contribution is 9.11. The highest BCUT2D eigenvalue weighted by Gasteiger charge is 2.26. The molecule has 0 aliphatic carbocycles. The molecule has 0 unspecified atom stereocenters. The summed E-state index contributed by atoms with van der Waals surface area (Å²) in [5, 5.41) is 8.36. The number of rotatable bonds is 4. The van der Waals surface area contributed by atoms with Crippen LogP contribution in [0.4, 0.5) is 11.6 Å². The zero-order valence-corrected chi connectivity index (χ0v) is 19.4. The minimum absolute atomic E-state index is 0.135. The Hall–Kier alpha value is -2.47. The summed E-state index contributed by atoms with van der Waals surface area (Å²) in [6, 6.07) is 3.34. The summed E-state index contributed by atoms with van der Waals surface area (Å²) in [5.74, 6) is 0.0192. The molecule has 0 saturated heterocycles. The van der Waals surface area contributed by atoms with Crippen molar-refractivity contribution >= 4 is 94.7 Å². The number of allylic oxidation sites excluding steroid dienone is 2. The van der Waals surface area contributed by atoms with Crippen LogP contribution in [0.15, 0.2) is 44.8 Å². The number of hydrogen-bond donors (Lipinski definition) is 2. The molecule has 13 heteroatoms. The van der Waals surface area contributed by atoms with Crippen molar-refractivity contribution in [3.8, 4) is 0 Å². The van der Waals surface area contributed by atoms with Crippen LogP contribution < -0.4 is 11.5 Å². The summed E-state index contributed by atoms with van der Waals surface area (Å²) in [6.45, 7) is 0. The Bertz CT molecular complexity index is 1290. The maximum Gasteiger partial charge on any atom is 0.199 e. The van der Waals surface area contributed by atoms with Crippen molar-refractivity contribution in [2.45, 2.75) is 0 Å². The number of nitrogens with two attached hydrogens (primary N) is 2.